The molecule has 1 atom stereocenters. The molecule has 0 spiro atoms. The van der Waals surface area contributed by atoms with Crippen LogP contribution in [0.5, 0.6) is 0 Å². The zero-order chi connectivity index (χ0) is 21.5. The first kappa shape index (κ1) is 24.7. The van der Waals surface area contributed by atoms with Gasteiger partial charge in [-0.25, -0.2) is 4.99 Å². The highest BCUT2D eigenvalue weighted by molar-refractivity contribution is 14.0. The lowest BCUT2D eigenvalue weighted by atomic mass is 10.0. The number of aliphatic imine (C=N–C) groups is 1. The minimum atomic E-state index is 0. The van der Waals surface area contributed by atoms with E-state index in [2.05, 4.69) is 38.7 Å². The monoisotopic (exact) mass is 569 g/mol. The van der Waals surface area contributed by atoms with Crippen molar-refractivity contribution < 1.29 is 4.74 Å². The van der Waals surface area contributed by atoms with Crippen LogP contribution in [0.4, 0.5) is 0 Å². The highest BCUT2D eigenvalue weighted by Gasteiger charge is 2.24. The maximum Gasteiger partial charge on any atom is 0.191 e. The molecule has 0 amide bonds. The first-order valence-electron chi connectivity index (χ1n) is 10.6. The Morgan fingerprint density at radius 1 is 1.12 bits per heavy atom. The Balaban J connectivity index is 0.00000289. The van der Waals surface area contributed by atoms with Crippen LogP contribution in [0.3, 0.4) is 0 Å². The topological polar surface area (TPSA) is 79.1 Å². The standard InChI is InChI=1S/C22H28ClN7O.HI/c1-2-24-22(26-16-21-28-27-20-9-5-6-10-30(20)21)25-15-19(29-11-13-31-14-12-29)17-7-3-4-8-18(17)23;/h3-10,19H,2,11-16H2,1H3,(H2,24,25,26);1H. The molecule has 172 valence electrons. The van der Waals surface area contributed by atoms with Crippen LogP contribution < -0.4 is 10.6 Å². The quantitative estimate of drug-likeness (QED) is 0.259. The second-order valence-corrected chi connectivity index (χ2v) is 7.71. The number of hydrogen-bond donors (Lipinski definition) is 2. The number of halogens is 2. The number of nitrogens with one attached hydrogen (secondary N) is 2. The number of pyridine rings is 1. The number of aromatic nitrogens is 3. The summed E-state index contributed by atoms with van der Waals surface area (Å²) >= 11 is 6.55. The Hall–Kier alpha value is -1.95. The predicted octanol–water partition coefficient (Wildman–Crippen LogP) is 3.13. The SMILES string of the molecule is CCNC(=NCc1nnc2ccccn12)NCC(c1ccccc1Cl)N1CCOCC1.I. The molecule has 3 aromatic rings. The molecular formula is C22H29ClIN7O. The normalized spacial score (nSPS) is 15.9. The lowest BCUT2D eigenvalue weighted by molar-refractivity contribution is 0.0170. The van der Waals surface area contributed by atoms with E-state index >= 15 is 0 Å². The minimum Gasteiger partial charge on any atom is -0.379 e. The Bertz CT molecular complexity index is 1020. The van der Waals surface area contributed by atoms with Crippen LogP contribution in [0.15, 0.2) is 53.7 Å². The van der Waals surface area contributed by atoms with Crippen LogP contribution in [-0.2, 0) is 11.3 Å². The molecule has 1 aliphatic heterocycles. The van der Waals surface area contributed by atoms with Crippen LogP contribution in [0.25, 0.3) is 5.65 Å². The van der Waals surface area contributed by atoms with E-state index in [9.17, 15) is 0 Å². The van der Waals surface area contributed by atoms with Crippen LogP contribution in [0.1, 0.15) is 24.4 Å². The third kappa shape index (κ3) is 6.09. The number of nitrogens with zero attached hydrogens (tertiary/aromatic N) is 5. The van der Waals surface area contributed by atoms with Gasteiger partial charge in [0.1, 0.15) is 6.54 Å². The fourth-order valence-corrected chi connectivity index (χ4v) is 4.02. The number of ether oxygens (including phenoxy) is 1. The molecule has 10 heteroatoms. The van der Waals surface area contributed by atoms with Crippen LogP contribution in [0.2, 0.25) is 5.02 Å². The van der Waals surface area contributed by atoms with Gasteiger partial charge in [-0.05, 0) is 30.7 Å². The Morgan fingerprint density at radius 3 is 2.69 bits per heavy atom. The van der Waals surface area contributed by atoms with Crippen molar-refractivity contribution in [3.63, 3.8) is 0 Å². The maximum absolute atomic E-state index is 6.55. The van der Waals surface area contributed by atoms with E-state index in [1.807, 2.05) is 47.0 Å². The van der Waals surface area contributed by atoms with Gasteiger partial charge in [0.05, 0.1) is 19.3 Å². The van der Waals surface area contributed by atoms with Crippen molar-refractivity contribution in [2.45, 2.75) is 19.5 Å². The molecule has 32 heavy (non-hydrogen) atoms. The zero-order valence-electron chi connectivity index (χ0n) is 18.1. The maximum atomic E-state index is 6.55. The van der Waals surface area contributed by atoms with Gasteiger partial charge < -0.3 is 15.4 Å². The lowest BCUT2D eigenvalue weighted by Gasteiger charge is -2.35. The molecule has 0 aliphatic carbocycles. The summed E-state index contributed by atoms with van der Waals surface area (Å²) in [7, 11) is 0. The zero-order valence-corrected chi connectivity index (χ0v) is 21.2. The number of morpholine rings is 1. The molecular weight excluding hydrogens is 541 g/mol. The second kappa shape index (κ2) is 12.3. The Kier molecular flexibility index (Phi) is 9.51. The van der Waals surface area contributed by atoms with E-state index in [-0.39, 0.29) is 30.0 Å². The van der Waals surface area contributed by atoms with Gasteiger partial charge in [-0.2, -0.15) is 0 Å². The molecule has 0 saturated carbocycles. The number of benzene rings is 1. The van der Waals surface area contributed by atoms with Gasteiger partial charge >= 0.3 is 0 Å². The van der Waals surface area contributed by atoms with E-state index in [4.69, 9.17) is 21.3 Å². The molecule has 4 rings (SSSR count). The summed E-state index contributed by atoms with van der Waals surface area (Å²) in [6, 6.07) is 14.0. The van der Waals surface area contributed by atoms with Gasteiger partial charge in [-0.1, -0.05) is 35.9 Å². The number of hydrogen-bond acceptors (Lipinski definition) is 5. The van der Waals surface area contributed by atoms with Crippen molar-refractivity contribution in [2.24, 2.45) is 4.99 Å². The van der Waals surface area contributed by atoms with E-state index in [0.29, 0.717) is 13.1 Å². The molecule has 1 saturated heterocycles. The summed E-state index contributed by atoms with van der Waals surface area (Å²) < 4.78 is 7.50. The van der Waals surface area contributed by atoms with Crippen LogP contribution >= 0.6 is 35.6 Å². The van der Waals surface area contributed by atoms with E-state index in [1.54, 1.807) is 0 Å². The van der Waals surface area contributed by atoms with Gasteiger partial charge in [-0.3, -0.25) is 9.30 Å². The van der Waals surface area contributed by atoms with Crippen molar-refractivity contribution >= 4 is 47.2 Å². The van der Waals surface area contributed by atoms with Crippen LogP contribution in [-0.4, -0.2) is 64.9 Å². The van der Waals surface area contributed by atoms with Crippen molar-refractivity contribution in [3.05, 3.63) is 65.1 Å². The number of rotatable bonds is 7. The number of fused-ring (bicyclic) bond motifs is 1. The molecule has 2 N–H and O–H groups in total. The highest BCUT2D eigenvalue weighted by Crippen LogP contribution is 2.27. The van der Waals surface area contributed by atoms with Crippen molar-refractivity contribution in [1.29, 1.82) is 0 Å². The van der Waals surface area contributed by atoms with Crippen molar-refractivity contribution in [2.75, 3.05) is 39.4 Å². The summed E-state index contributed by atoms with van der Waals surface area (Å²) in [5.41, 5.74) is 1.93. The van der Waals surface area contributed by atoms with Gasteiger partial charge in [-0.15, -0.1) is 34.2 Å². The summed E-state index contributed by atoms with van der Waals surface area (Å²) in [6.07, 6.45) is 1.95. The molecule has 2 aromatic heterocycles. The van der Waals surface area contributed by atoms with Crippen molar-refractivity contribution in [1.82, 2.24) is 30.1 Å². The average molecular weight is 570 g/mol. The van der Waals surface area contributed by atoms with E-state index in [1.165, 1.54) is 0 Å². The number of guanidine groups is 1. The highest BCUT2D eigenvalue weighted by atomic mass is 127. The Labute approximate surface area is 210 Å². The summed E-state index contributed by atoms with van der Waals surface area (Å²) in [5.74, 6) is 1.53. The largest absolute Gasteiger partial charge is 0.379 e. The smallest absolute Gasteiger partial charge is 0.191 e. The van der Waals surface area contributed by atoms with Crippen molar-refractivity contribution in [3.8, 4) is 0 Å². The third-order valence-electron chi connectivity index (χ3n) is 5.32. The van der Waals surface area contributed by atoms with Crippen LogP contribution in [0, 0.1) is 0 Å². The lowest BCUT2D eigenvalue weighted by Crippen LogP contribution is -2.46. The molecule has 3 heterocycles. The van der Waals surface area contributed by atoms with E-state index < -0.39 is 0 Å². The average Bonchev–Trinajstić information content (AvgIpc) is 3.22. The molecule has 0 bridgehead atoms. The van der Waals surface area contributed by atoms with Gasteiger partial charge in [0.15, 0.2) is 17.4 Å². The minimum absolute atomic E-state index is 0. The predicted molar refractivity (Wildman–Crippen MR) is 138 cm³/mol. The molecule has 1 fully saturated rings. The fraction of sp³-hybridized carbons (Fsp3) is 0.409. The third-order valence-corrected chi connectivity index (χ3v) is 5.66. The summed E-state index contributed by atoms with van der Waals surface area (Å²) in [6.45, 7) is 7.13. The van der Waals surface area contributed by atoms with Gasteiger partial charge in [0.25, 0.3) is 0 Å². The molecule has 1 aliphatic rings. The van der Waals surface area contributed by atoms with E-state index in [0.717, 1.165) is 60.9 Å². The Morgan fingerprint density at radius 2 is 1.91 bits per heavy atom. The second-order valence-electron chi connectivity index (χ2n) is 7.31. The summed E-state index contributed by atoms with van der Waals surface area (Å²) in [4.78, 5) is 7.14. The summed E-state index contributed by atoms with van der Waals surface area (Å²) in [5, 5.41) is 16.1. The molecule has 8 nitrogen and oxygen atoms in total. The van der Waals surface area contributed by atoms with Gasteiger partial charge in [0, 0.05) is 37.4 Å². The molecule has 1 aromatic carbocycles. The molecule has 0 radical (unpaired) electrons. The van der Waals surface area contributed by atoms with Gasteiger partial charge in [0.2, 0.25) is 0 Å². The molecule has 1 unspecified atom stereocenters. The fourth-order valence-electron chi connectivity index (χ4n) is 3.75. The first-order chi connectivity index (χ1) is 15.3. The first-order valence-corrected chi connectivity index (χ1v) is 11.0.